The smallest absolute Gasteiger partial charge is 0.337 e. The van der Waals surface area contributed by atoms with Crippen LogP contribution in [0.4, 0.5) is 0 Å². The van der Waals surface area contributed by atoms with Gasteiger partial charge < -0.3 is 9.30 Å². The zero-order valence-electron chi connectivity index (χ0n) is 19.8. The summed E-state index contributed by atoms with van der Waals surface area (Å²) in [4.78, 5) is 43.1. The van der Waals surface area contributed by atoms with E-state index < -0.39 is 11.7 Å². The molecule has 2 heterocycles. The predicted molar refractivity (Wildman–Crippen MR) is 131 cm³/mol. The van der Waals surface area contributed by atoms with Crippen molar-refractivity contribution in [1.29, 1.82) is 0 Å². The highest BCUT2D eigenvalue weighted by atomic mass is 16.5. The molecule has 2 aromatic heterocycles. The molecule has 0 bridgehead atoms. The lowest BCUT2D eigenvalue weighted by Gasteiger charge is -2.14. The lowest BCUT2D eigenvalue weighted by atomic mass is 10.1. The van der Waals surface area contributed by atoms with Gasteiger partial charge in [-0.1, -0.05) is 43.7 Å². The van der Waals surface area contributed by atoms with Crippen molar-refractivity contribution in [2.45, 2.75) is 40.3 Å². The Labute approximate surface area is 197 Å². The second-order valence-corrected chi connectivity index (χ2v) is 8.83. The molecule has 176 valence electrons. The molecular weight excluding hydrogens is 432 g/mol. The van der Waals surface area contributed by atoms with Gasteiger partial charge in [-0.15, -0.1) is 0 Å². The van der Waals surface area contributed by atoms with Crippen molar-refractivity contribution in [3.05, 3.63) is 92.4 Å². The molecule has 8 nitrogen and oxygen atoms in total. The second kappa shape index (κ2) is 9.51. The lowest BCUT2D eigenvalue weighted by Crippen LogP contribution is -2.40. The third kappa shape index (κ3) is 4.44. The Kier molecular flexibility index (Phi) is 6.49. The summed E-state index contributed by atoms with van der Waals surface area (Å²) in [5, 5.41) is 0. The molecule has 0 atom stereocenters. The minimum atomic E-state index is -0.408. The summed E-state index contributed by atoms with van der Waals surface area (Å²) in [6, 6.07) is 14.6. The van der Waals surface area contributed by atoms with E-state index >= 15 is 0 Å². The van der Waals surface area contributed by atoms with Crippen LogP contribution in [-0.4, -0.2) is 31.8 Å². The quantitative estimate of drug-likeness (QED) is 0.394. The van der Waals surface area contributed by atoms with Gasteiger partial charge >= 0.3 is 11.7 Å². The Morgan fingerprint density at radius 2 is 1.71 bits per heavy atom. The number of hydrogen-bond donors (Lipinski definition) is 0. The van der Waals surface area contributed by atoms with Crippen molar-refractivity contribution in [2.24, 2.45) is 5.92 Å². The normalized spacial score (nSPS) is 11.3. The van der Waals surface area contributed by atoms with Gasteiger partial charge in [0.25, 0.3) is 5.56 Å². The summed E-state index contributed by atoms with van der Waals surface area (Å²) in [5.41, 5.74) is 3.00. The number of esters is 1. The Morgan fingerprint density at radius 1 is 1.03 bits per heavy atom. The van der Waals surface area contributed by atoms with Crippen molar-refractivity contribution < 1.29 is 9.53 Å². The monoisotopic (exact) mass is 460 g/mol. The highest BCUT2D eigenvalue weighted by Gasteiger charge is 2.19. The maximum absolute atomic E-state index is 13.5. The Hall–Kier alpha value is -3.94. The molecule has 0 aliphatic heterocycles. The minimum Gasteiger partial charge on any atom is -0.465 e. The summed E-state index contributed by atoms with van der Waals surface area (Å²) in [6.07, 6.45) is 2.29. The van der Waals surface area contributed by atoms with E-state index in [9.17, 15) is 14.4 Å². The number of carbonyl (C=O) groups is 1. The molecule has 0 aliphatic rings. The standard InChI is InChI=1S/C26H28N4O4/c1-17(2)13-14-29-24(31)22-23(30(26(29)33)21-11-5-18(3)6-12-21)27-16-28(22)15-19-7-9-20(10-8-19)25(32)34-4/h5-12,16-17H,13-15H2,1-4H3. The molecule has 0 saturated carbocycles. The Bertz CT molecular complexity index is 1440. The first-order valence-electron chi connectivity index (χ1n) is 11.2. The molecule has 0 N–H and O–H groups in total. The number of aromatic nitrogens is 4. The zero-order chi connectivity index (χ0) is 24.4. The highest BCUT2D eigenvalue weighted by Crippen LogP contribution is 2.16. The Balaban J connectivity index is 1.86. The molecule has 0 spiro atoms. The first kappa shape index (κ1) is 23.2. The third-order valence-corrected chi connectivity index (χ3v) is 5.85. The van der Waals surface area contributed by atoms with E-state index in [2.05, 4.69) is 18.8 Å². The third-order valence-electron chi connectivity index (χ3n) is 5.85. The van der Waals surface area contributed by atoms with E-state index in [0.717, 1.165) is 11.1 Å². The number of fused-ring (bicyclic) bond motifs is 1. The molecule has 34 heavy (non-hydrogen) atoms. The fourth-order valence-electron chi connectivity index (χ4n) is 3.87. The van der Waals surface area contributed by atoms with Crippen LogP contribution in [0, 0.1) is 12.8 Å². The van der Waals surface area contributed by atoms with E-state index in [-0.39, 0.29) is 5.56 Å². The van der Waals surface area contributed by atoms with Gasteiger partial charge in [0.2, 0.25) is 0 Å². The van der Waals surface area contributed by atoms with Crippen molar-refractivity contribution in [1.82, 2.24) is 18.7 Å². The number of benzene rings is 2. The predicted octanol–water partition coefficient (Wildman–Crippen LogP) is 3.54. The van der Waals surface area contributed by atoms with Crippen LogP contribution in [0.3, 0.4) is 0 Å². The van der Waals surface area contributed by atoms with E-state index in [1.54, 1.807) is 23.0 Å². The number of ether oxygens (including phenoxy) is 1. The first-order chi connectivity index (χ1) is 16.3. The van der Waals surface area contributed by atoms with Crippen LogP contribution in [0.1, 0.15) is 41.8 Å². The highest BCUT2D eigenvalue weighted by molar-refractivity contribution is 5.89. The number of imidazole rings is 1. The molecule has 0 aliphatic carbocycles. The van der Waals surface area contributed by atoms with E-state index in [4.69, 9.17) is 4.74 Å². The lowest BCUT2D eigenvalue weighted by molar-refractivity contribution is 0.0600. The van der Waals surface area contributed by atoms with E-state index in [1.165, 1.54) is 16.2 Å². The van der Waals surface area contributed by atoms with Crippen molar-refractivity contribution >= 4 is 17.1 Å². The maximum atomic E-state index is 13.5. The number of carbonyl (C=O) groups excluding carboxylic acids is 1. The zero-order valence-corrected chi connectivity index (χ0v) is 19.8. The number of rotatable bonds is 7. The molecule has 4 rings (SSSR count). The first-order valence-corrected chi connectivity index (χ1v) is 11.2. The van der Waals surface area contributed by atoms with Crippen molar-refractivity contribution in [2.75, 3.05) is 7.11 Å². The Morgan fingerprint density at radius 3 is 2.32 bits per heavy atom. The van der Waals surface area contributed by atoms with Crippen LogP contribution in [0.25, 0.3) is 16.9 Å². The van der Waals surface area contributed by atoms with Gasteiger partial charge in [-0.25, -0.2) is 19.1 Å². The van der Waals surface area contributed by atoms with Gasteiger partial charge in [0, 0.05) is 13.1 Å². The number of hydrogen-bond acceptors (Lipinski definition) is 5. The minimum absolute atomic E-state index is 0.325. The van der Waals surface area contributed by atoms with Crippen LogP contribution in [-0.2, 0) is 17.8 Å². The molecule has 0 saturated heterocycles. The molecule has 8 heteroatoms. The van der Waals surface area contributed by atoms with Gasteiger partial charge in [-0.2, -0.15) is 0 Å². The van der Waals surface area contributed by atoms with Crippen LogP contribution in [0.15, 0.2) is 64.4 Å². The van der Waals surface area contributed by atoms with Crippen molar-refractivity contribution in [3.63, 3.8) is 0 Å². The summed E-state index contributed by atoms with van der Waals surface area (Å²) < 4.78 is 9.32. The van der Waals surface area contributed by atoms with Gasteiger partial charge in [0.05, 0.1) is 24.7 Å². The molecule has 0 amide bonds. The summed E-state index contributed by atoms with van der Waals surface area (Å²) >= 11 is 0. The van der Waals surface area contributed by atoms with Gasteiger partial charge in [0.15, 0.2) is 11.2 Å². The second-order valence-electron chi connectivity index (χ2n) is 8.83. The average molecular weight is 461 g/mol. The summed E-state index contributed by atoms with van der Waals surface area (Å²) in [6.45, 7) is 6.79. The SMILES string of the molecule is COC(=O)c1ccc(Cn2cnc3c2c(=O)n(CCC(C)C)c(=O)n3-c2ccc(C)cc2)cc1. The summed E-state index contributed by atoms with van der Waals surface area (Å²) in [7, 11) is 1.34. The molecule has 0 unspecified atom stereocenters. The van der Waals surface area contributed by atoms with Crippen LogP contribution < -0.4 is 11.2 Å². The van der Waals surface area contributed by atoms with Gasteiger partial charge in [0.1, 0.15) is 0 Å². The van der Waals surface area contributed by atoms with Gasteiger partial charge in [-0.05, 0) is 49.1 Å². The maximum Gasteiger partial charge on any atom is 0.337 e. The molecular formula is C26H28N4O4. The topological polar surface area (TPSA) is 88.1 Å². The average Bonchev–Trinajstić information content (AvgIpc) is 3.23. The molecule has 2 aromatic carbocycles. The fourth-order valence-corrected chi connectivity index (χ4v) is 3.87. The largest absolute Gasteiger partial charge is 0.465 e. The number of methoxy groups -OCH3 is 1. The van der Waals surface area contributed by atoms with E-state index in [0.29, 0.717) is 47.8 Å². The van der Waals surface area contributed by atoms with E-state index in [1.807, 2.05) is 43.3 Å². The molecule has 4 aromatic rings. The summed E-state index contributed by atoms with van der Waals surface area (Å²) in [5.74, 6) is -0.0668. The van der Waals surface area contributed by atoms with Crippen LogP contribution in [0.2, 0.25) is 0 Å². The van der Waals surface area contributed by atoms with Gasteiger partial charge in [-0.3, -0.25) is 9.36 Å². The van der Waals surface area contributed by atoms with Crippen LogP contribution >= 0.6 is 0 Å². The fraction of sp³-hybridized carbons (Fsp3) is 0.308. The van der Waals surface area contributed by atoms with Crippen molar-refractivity contribution in [3.8, 4) is 5.69 Å². The molecule has 0 radical (unpaired) electrons. The molecule has 0 fully saturated rings. The number of aryl methyl sites for hydroxylation is 1. The number of nitrogens with zero attached hydrogens (tertiary/aromatic N) is 4. The van der Waals surface area contributed by atoms with Crippen LogP contribution in [0.5, 0.6) is 0 Å².